The number of nitrogens with one attached hydrogen (secondary N) is 1. The highest BCUT2D eigenvalue weighted by Gasteiger charge is 2.27. The van der Waals surface area contributed by atoms with Crippen LogP contribution >= 0.6 is 0 Å². The molecule has 0 radical (unpaired) electrons. The first kappa shape index (κ1) is 27.9. The highest BCUT2D eigenvalue weighted by atomic mass is 16.3. The quantitative estimate of drug-likeness (QED) is 0.254. The van der Waals surface area contributed by atoms with Crippen LogP contribution in [0, 0.1) is 0 Å². The average Bonchev–Trinajstić information content (AvgIpc) is 3.14. The maximum absolute atomic E-state index is 13.0. The molecule has 0 unspecified atom stereocenters. The minimum absolute atomic E-state index is 0.0977. The zero-order chi connectivity index (χ0) is 24.8. The van der Waals surface area contributed by atoms with Crippen LogP contribution in [0.15, 0.2) is 30.5 Å². The van der Waals surface area contributed by atoms with Gasteiger partial charge in [0.25, 0.3) is 0 Å². The van der Waals surface area contributed by atoms with Crippen LogP contribution < -0.4 is 11.1 Å². The van der Waals surface area contributed by atoms with Gasteiger partial charge in [-0.3, -0.25) is 9.59 Å². The third-order valence-corrected chi connectivity index (χ3v) is 6.54. The molecule has 0 saturated heterocycles. The van der Waals surface area contributed by atoms with Gasteiger partial charge in [0.05, 0.1) is 12.5 Å². The molecule has 0 saturated carbocycles. The summed E-state index contributed by atoms with van der Waals surface area (Å²) in [6.45, 7) is 4.48. The summed E-state index contributed by atoms with van der Waals surface area (Å²) in [6, 6.07) is 6.82. The summed E-state index contributed by atoms with van der Waals surface area (Å²) in [6.07, 6.45) is 16.3. The van der Waals surface area contributed by atoms with Gasteiger partial charge in [0.2, 0.25) is 11.8 Å². The number of aliphatic hydroxyl groups is 1. The fraction of sp³-hybridized carbons (Fsp3) is 0.643. The molecule has 2 atom stereocenters. The Hall–Kier alpha value is -2.34. The minimum Gasteiger partial charge on any atom is -0.391 e. The van der Waals surface area contributed by atoms with Gasteiger partial charge in [-0.15, -0.1) is 0 Å². The van der Waals surface area contributed by atoms with Crippen LogP contribution in [-0.2, 0) is 16.0 Å². The van der Waals surface area contributed by atoms with Crippen molar-refractivity contribution in [1.29, 1.82) is 0 Å². The Labute approximate surface area is 205 Å². The molecule has 0 aliphatic rings. The number of unbranched alkanes of at least 4 members (excludes halogenated alkanes) is 11. The first-order valence-electron chi connectivity index (χ1n) is 13.3. The molecule has 4 N–H and O–H groups in total. The van der Waals surface area contributed by atoms with Crippen molar-refractivity contribution in [2.45, 2.75) is 109 Å². The van der Waals surface area contributed by atoms with Gasteiger partial charge < -0.3 is 20.7 Å². The highest BCUT2D eigenvalue weighted by molar-refractivity contribution is 5.91. The van der Waals surface area contributed by atoms with Crippen molar-refractivity contribution in [3.63, 3.8) is 0 Å². The number of carbonyl (C=O) groups excluding carboxylic acids is 2. The van der Waals surface area contributed by atoms with Crippen molar-refractivity contribution >= 4 is 22.7 Å². The first-order chi connectivity index (χ1) is 16.5. The number of para-hydroxylation sites is 1. The van der Waals surface area contributed by atoms with Crippen LogP contribution in [0.1, 0.15) is 103 Å². The number of amides is 2. The van der Waals surface area contributed by atoms with E-state index in [2.05, 4.69) is 12.2 Å². The first-order valence-corrected chi connectivity index (χ1v) is 13.3. The molecular formula is C28H45N3O3. The molecule has 2 rings (SSSR count). The fourth-order valence-corrected chi connectivity index (χ4v) is 4.70. The van der Waals surface area contributed by atoms with E-state index in [1.54, 1.807) is 17.7 Å². The molecule has 1 aromatic heterocycles. The van der Waals surface area contributed by atoms with Gasteiger partial charge in [-0.1, -0.05) is 95.8 Å². The lowest BCUT2D eigenvalue weighted by Crippen LogP contribution is -2.38. The Morgan fingerprint density at radius 3 is 2.06 bits per heavy atom. The molecule has 2 amide bonds. The second-order valence-electron chi connectivity index (χ2n) is 9.59. The number of benzene rings is 1. The van der Waals surface area contributed by atoms with Crippen LogP contribution in [-0.4, -0.2) is 34.1 Å². The second-order valence-corrected chi connectivity index (χ2v) is 9.59. The Kier molecular flexibility index (Phi) is 12.8. The van der Waals surface area contributed by atoms with Crippen LogP contribution in [0.25, 0.3) is 10.9 Å². The summed E-state index contributed by atoms with van der Waals surface area (Å²) in [5, 5.41) is 14.3. The van der Waals surface area contributed by atoms with Crippen LogP contribution in [0.4, 0.5) is 0 Å². The zero-order valence-electron chi connectivity index (χ0n) is 21.2. The molecule has 0 aliphatic heterocycles. The van der Waals surface area contributed by atoms with E-state index >= 15 is 0 Å². The Balaban J connectivity index is 1.76. The van der Waals surface area contributed by atoms with Crippen LogP contribution in [0.5, 0.6) is 0 Å². The standard InChI is InChI=1S/C28H45N3O3/c1-3-4-5-6-7-8-9-10-11-12-13-16-19-30-28(34)27(22(2)32)31-21-23(20-26(29)33)24-17-14-15-18-25(24)31/h14-15,17-18,21-22,27,32H,3-13,16,19-20H2,1-2H3,(H2,29,33)(H,30,34)/t22-,27+/m1/s1. The molecule has 1 heterocycles. The number of fused-ring (bicyclic) bond motifs is 1. The van der Waals surface area contributed by atoms with Crippen LogP contribution in [0.3, 0.4) is 0 Å². The smallest absolute Gasteiger partial charge is 0.245 e. The molecular weight excluding hydrogens is 426 g/mol. The van der Waals surface area contributed by atoms with Crippen LogP contribution in [0.2, 0.25) is 0 Å². The number of aromatic nitrogens is 1. The molecule has 34 heavy (non-hydrogen) atoms. The molecule has 6 nitrogen and oxygen atoms in total. The summed E-state index contributed by atoms with van der Waals surface area (Å²) in [5.74, 6) is -0.627. The normalized spacial score (nSPS) is 13.1. The number of aliphatic hydroxyl groups excluding tert-OH is 1. The van der Waals surface area contributed by atoms with Gasteiger partial charge in [-0.2, -0.15) is 0 Å². The lowest BCUT2D eigenvalue weighted by atomic mass is 10.1. The molecule has 190 valence electrons. The van der Waals surface area contributed by atoms with E-state index in [0.29, 0.717) is 6.54 Å². The number of nitrogens with two attached hydrogens (primary N) is 1. The van der Waals surface area contributed by atoms with Crippen molar-refractivity contribution in [2.75, 3.05) is 6.54 Å². The van der Waals surface area contributed by atoms with E-state index in [1.165, 1.54) is 64.2 Å². The minimum atomic E-state index is -0.876. The monoisotopic (exact) mass is 471 g/mol. The van der Waals surface area contributed by atoms with Crippen molar-refractivity contribution in [3.8, 4) is 0 Å². The van der Waals surface area contributed by atoms with Gasteiger partial charge >= 0.3 is 0 Å². The lowest BCUT2D eigenvalue weighted by molar-refractivity contribution is -0.127. The number of primary amides is 1. The average molecular weight is 472 g/mol. The second kappa shape index (κ2) is 15.5. The predicted molar refractivity (Wildman–Crippen MR) is 140 cm³/mol. The van der Waals surface area contributed by atoms with Crippen molar-refractivity contribution in [2.24, 2.45) is 5.73 Å². The number of nitrogens with zero attached hydrogens (tertiary/aromatic N) is 1. The van der Waals surface area contributed by atoms with Crippen molar-refractivity contribution in [1.82, 2.24) is 9.88 Å². The number of rotatable bonds is 18. The summed E-state index contributed by atoms with van der Waals surface area (Å²) >= 11 is 0. The van der Waals surface area contributed by atoms with E-state index in [4.69, 9.17) is 5.73 Å². The third-order valence-electron chi connectivity index (χ3n) is 6.54. The molecule has 0 bridgehead atoms. The van der Waals surface area contributed by atoms with E-state index in [1.807, 2.05) is 24.3 Å². The summed E-state index contributed by atoms with van der Waals surface area (Å²) in [5.41, 5.74) is 6.98. The molecule has 0 aliphatic carbocycles. The molecule has 2 aromatic rings. The predicted octanol–water partition coefficient (Wildman–Crippen LogP) is 5.41. The van der Waals surface area contributed by atoms with E-state index in [0.717, 1.165) is 29.3 Å². The fourth-order valence-electron chi connectivity index (χ4n) is 4.70. The summed E-state index contributed by atoms with van der Waals surface area (Å²) in [4.78, 5) is 24.5. The van der Waals surface area contributed by atoms with Gasteiger partial charge in [0, 0.05) is 23.6 Å². The largest absolute Gasteiger partial charge is 0.391 e. The highest BCUT2D eigenvalue weighted by Crippen LogP contribution is 2.27. The lowest BCUT2D eigenvalue weighted by Gasteiger charge is -2.22. The topological polar surface area (TPSA) is 97.3 Å². The van der Waals surface area contributed by atoms with E-state index in [9.17, 15) is 14.7 Å². The number of carbonyl (C=O) groups is 2. The maximum atomic E-state index is 13.0. The summed E-state index contributed by atoms with van der Waals surface area (Å²) < 4.78 is 1.77. The van der Waals surface area contributed by atoms with Gasteiger partial charge in [-0.25, -0.2) is 0 Å². The SMILES string of the molecule is CCCCCCCCCCCCCCNC(=O)[C@H]([C@@H](C)O)n1cc(CC(N)=O)c2ccccc21. The Morgan fingerprint density at radius 2 is 1.50 bits per heavy atom. The van der Waals surface area contributed by atoms with Gasteiger partial charge in [0.1, 0.15) is 6.04 Å². The Morgan fingerprint density at radius 1 is 0.941 bits per heavy atom. The zero-order valence-corrected chi connectivity index (χ0v) is 21.2. The van der Waals surface area contributed by atoms with E-state index in [-0.39, 0.29) is 12.3 Å². The van der Waals surface area contributed by atoms with Gasteiger partial charge in [0.15, 0.2) is 0 Å². The third kappa shape index (κ3) is 9.13. The maximum Gasteiger partial charge on any atom is 0.245 e. The Bertz CT molecular complexity index is 875. The number of hydrogen-bond acceptors (Lipinski definition) is 3. The molecule has 6 heteroatoms. The molecule has 0 spiro atoms. The summed E-state index contributed by atoms with van der Waals surface area (Å²) in [7, 11) is 0. The molecule has 0 fully saturated rings. The van der Waals surface area contributed by atoms with Crippen molar-refractivity contribution in [3.05, 3.63) is 36.0 Å². The molecule has 1 aromatic carbocycles. The van der Waals surface area contributed by atoms with Crippen molar-refractivity contribution < 1.29 is 14.7 Å². The van der Waals surface area contributed by atoms with E-state index < -0.39 is 18.1 Å². The van der Waals surface area contributed by atoms with Gasteiger partial charge in [-0.05, 0) is 25.0 Å². The number of hydrogen-bond donors (Lipinski definition) is 3.